The number of fused-ring (bicyclic) bond motifs is 1. The quantitative estimate of drug-likeness (QED) is 0.345. The van der Waals surface area contributed by atoms with Crippen LogP contribution in [0.3, 0.4) is 0 Å². The molecule has 0 aliphatic heterocycles. The Morgan fingerprint density at radius 3 is 3.00 bits per heavy atom. The highest BCUT2D eigenvalue weighted by Crippen LogP contribution is 2.24. The Morgan fingerprint density at radius 2 is 2.29 bits per heavy atom. The van der Waals surface area contributed by atoms with E-state index in [9.17, 15) is 4.79 Å². The van der Waals surface area contributed by atoms with Crippen LogP contribution < -0.4 is 5.84 Å². The Balaban J connectivity index is 2.22. The summed E-state index contributed by atoms with van der Waals surface area (Å²) < 4.78 is 1.15. The third kappa shape index (κ3) is 2.52. The molecule has 0 saturated carbocycles. The van der Waals surface area contributed by atoms with Crippen molar-refractivity contribution < 1.29 is 9.90 Å². The van der Waals surface area contributed by atoms with Crippen LogP contribution in [0, 0.1) is 3.57 Å². The fourth-order valence-electron chi connectivity index (χ4n) is 1.74. The molecular formula is C11H12IN3O2. The van der Waals surface area contributed by atoms with Gasteiger partial charge in [-0.2, -0.15) is 0 Å². The molecule has 17 heavy (non-hydrogen) atoms. The fourth-order valence-corrected chi connectivity index (χ4v) is 2.59. The van der Waals surface area contributed by atoms with Crippen LogP contribution >= 0.6 is 22.6 Å². The van der Waals surface area contributed by atoms with Gasteiger partial charge in [0.15, 0.2) is 0 Å². The smallest absolute Gasteiger partial charge is 0.421 e. The Morgan fingerprint density at radius 1 is 1.53 bits per heavy atom. The summed E-state index contributed by atoms with van der Waals surface area (Å²) in [7, 11) is 0. The molecule has 90 valence electrons. The van der Waals surface area contributed by atoms with Crippen LogP contribution in [0.25, 0.3) is 10.9 Å². The number of aromatic nitrogens is 1. The fraction of sp³-hybridized carbons (Fsp3) is 0.182. The van der Waals surface area contributed by atoms with Gasteiger partial charge in [-0.15, -0.1) is 0 Å². The predicted molar refractivity (Wildman–Crippen MR) is 73.6 cm³/mol. The lowest BCUT2D eigenvalue weighted by atomic mass is 10.1. The maximum absolute atomic E-state index is 10.6. The minimum atomic E-state index is -1.11. The van der Waals surface area contributed by atoms with E-state index in [4.69, 9.17) is 10.9 Å². The summed E-state index contributed by atoms with van der Waals surface area (Å²) in [6, 6.07) is 6.01. The molecule has 0 saturated heterocycles. The van der Waals surface area contributed by atoms with Crippen LogP contribution in [0.4, 0.5) is 4.79 Å². The van der Waals surface area contributed by atoms with E-state index >= 15 is 0 Å². The average molecular weight is 345 g/mol. The Labute approximate surface area is 112 Å². The summed E-state index contributed by atoms with van der Waals surface area (Å²) in [5.74, 6) is 5.34. The zero-order chi connectivity index (χ0) is 12.4. The molecule has 0 radical (unpaired) electrons. The first kappa shape index (κ1) is 12.2. The lowest BCUT2D eigenvalue weighted by Crippen LogP contribution is -2.37. The number of amides is 1. The molecule has 1 aromatic heterocycles. The number of hydrazine groups is 1. The molecule has 2 aromatic rings. The average Bonchev–Trinajstić information content (AvgIpc) is 2.70. The summed E-state index contributed by atoms with van der Waals surface area (Å²) in [6.07, 6.45) is 1.39. The Hall–Kier alpha value is -1.28. The molecule has 0 spiro atoms. The number of nitrogens with zero attached hydrogens (tertiary/aromatic N) is 1. The highest BCUT2D eigenvalue weighted by molar-refractivity contribution is 14.1. The maximum Gasteiger partial charge on any atom is 0.421 e. The van der Waals surface area contributed by atoms with Crippen molar-refractivity contribution >= 4 is 39.6 Å². The van der Waals surface area contributed by atoms with Crippen molar-refractivity contribution in [2.45, 2.75) is 6.42 Å². The zero-order valence-electron chi connectivity index (χ0n) is 8.98. The minimum Gasteiger partial charge on any atom is -0.464 e. The minimum absolute atomic E-state index is 0.285. The third-order valence-electron chi connectivity index (χ3n) is 2.60. The molecule has 6 heteroatoms. The van der Waals surface area contributed by atoms with Gasteiger partial charge in [-0.1, -0.05) is 6.07 Å². The molecule has 0 fully saturated rings. The van der Waals surface area contributed by atoms with Gasteiger partial charge in [0.1, 0.15) is 0 Å². The standard InChI is InChI=1S/C11H12IN3O2/c12-8-2-1-3-9-10(8)7(6-14-9)4-5-15(13)11(16)17/h1-3,6,14H,4-5,13H2,(H,16,17). The number of halogens is 1. The van der Waals surface area contributed by atoms with E-state index in [1.807, 2.05) is 24.4 Å². The van der Waals surface area contributed by atoms with E-state index in [-0.39, 0.29) is 6.54 Å². The van der Waals surface area contributed by atoms with Gasteiger partial charge < -0.3 is 10.1 Å². The molecule has 2 rings (SSSR count). The van der Waals surface area contributed by atoms with Crippen molar-refractivity contribution in [1.29, 1.82) is 0 Å². The van der Waals surface area contributed by atoms with Crippen LogP contribution in [-0.4, -0.2) is 27.7 Å². The molecular weight excluding hydrogens is 333 g/mol. The van der Waals surface area contributed by atoms with Crippen LogP contribution in [-0.2, 0) is 6.42 Å². The van der Waals surface area contributed by atoms with E-state index in [1.54, 1.807) is 0 Å². The highest BCUT2D eigenvalue weighted by Gasteiger charge is 2.10. The van der Waals surface area contributed by atoms with Gasteiger partial charge in [0, 0.05) is 27.2 Å². The predicted octanol–water partition coefficient (Wildman–Crippen LogP) is 2.17. The first-order chi connectivity index (χ1) is 8.09. The lowest BCUT2D eigenvalue weighted by Gasteiger charge is -2.11. The molecule has 1 heterocycles. The van der Waals surface area contributed by atoms with Gasteiger partial charge in [0.25, 0.3) is 0 Å². The number of nitrogens with two attached hydrogens (primary N) is 1. The van der Waals surface area contributed by atoms with Gasteiger partial charge in [0.05, 0.1) is 0 Å². The van der Waals surface area contributed by atoms with Gasteiger partial charge in [-0.25, -0.2) is 15.6 Å². The third-order valence-corrected chi connectivity index (χ3v) is 3.50. The summed E-state index contributed by atoms with van der Waals surface area (Å²) in [6.45, 7) is 0.285. The SMILES string of the molecule is NN(CCc1c[nH]c2cccc(I)c12)C(=O)O. The second kappa shape index (κ2) is 4.92. The van der Waals surface area contributed by atoms with Gasteiger partial charge in [-0.3, -0.25) is 0 Å². The van der Waals surface area contributed by atoms with E-state index in [1.165, 1.54) is 0 Å². The number of benzene rings is 1. The number of rotatable bonds is 3. The summed E-state index contributed by atoms with van der Waals surface area (Å²) in [5.41, 5.74) is 2.15. The maximum atomic E-state index is 10.6. The molecule has 1 aromatic carbocycles. The summed E-state index contributed by atoms with van der Waals surface area (Å²) in [5, 5.41) is 10.6. The van der Waals surface area contributed by atoms with Crippen molar-refractivity contribution in [3.8, 4) is 0 Å². The van der Waals surface area contributed by atoms with Crippen LogP contribution in [0.2, 0.25) is 0 Å². The number of carboxylic acid groups (broad SMARTS) is 1. The van der Waals surface area contributed by atoms with Crippen molar-refractivity contribution in [3.05, 3.63) is 33.5 Å². The molecule has 0 atom stereocenters. The molecule has 5 nitrogen and oxygen atoms in total. The van der Waals surface area contributed by atoms with Gasteiger partial charge >= 0.3 is 6.09 Å². The normalized spacial score (nSPS) is 10.7. The second-order valence-electron chi connectivity index (χ2n) is 3.70. The number of carbonyl (C=O) groups is 1. The monoisotopic (exact) mass is 345 g/mol. The van der Waals surface area contributed by atoms with Crippen LogP contribution in [0.1, 0.15) is 5.56 Å². The number of aromatic amines is 1. The zero-order valence-corrected chi connectivity index (χ0v) is 11.1. The van der Waals surface area contributed by atoms with E-state index in [2.05, 4.69) is 27.6 Å². The summed E-state index contributed by atoms with van der Waals surface area (Å²) in [4.78, 5) is 13.8. The Kier molecular flexibility index (Phi) is 3.53. The number of hydrogen-bond acceptors (Lipinski definition) is 2. The second-order valence-corrected chi connectivity index (χ2v) is 4.86. The molecule has 0 unspecified atom stereocenters. The number of nitrogens with one attached hydrogen (secondary N) is 1. The number of hydrogen-bond donors (Lipinski definition) is 3. The molecule has 0 aliphatic carbocycles. The van der Waals surface area contributed by atoms with E-state index in [0.717, 1.165) is 25.0 Å². The number of H-pyrrole nitrogens is 1. The first-order valence-electron chi connectivity index (χ1n) is 5.09. The molecule has 1 amide bonds. The first-order valence-corrected chi connectivity index (χ1v) is 6.17. The highest BCUT2D eigenvalue weighted by atomic mass is 127. The van der Waals surface area contributed by atoms with Crippen molar-refractivity contribution in [2.24, 2.45) is 5.84 Å². The van der Waals surface area contributed by atoms with E-state index < -0.39 is 6.09 Å². The van der Waals surface area contributed by atoms with Gasteiger partial charge in [0.2, 0.25) is 0 Å². The van der Waals surface area contributed by atoms with Crippen LogP contribution in [0.15, 0.2) is 24.4 Å². The summed E-state index contributed by atoms with van der Waals surface area (Å²) >= 11 is 2.27. The Bertz CT molecular complexity index is 553. The lowest BCUT2D eigenvalue weighted by molar-refractivity contribution is 0.146. The van der Waals surface area contributed by atoms with Crippen molar-refractivity contribution in [1.82, 2.24) is 9.99 Å². The van der Waals surface area contributed by atoms with Gasteiger partial charge in [-0.05, 0) is 46.7 Å². The molecule has 0 aliphatic rings. The largest absolute Gasteiger partial charge is 0.464 e. The van der Waals surface area contributed by atoms with E-state index in [0.29, 0.717) is 6.42 Å². The van der Waals surface area contributed by atoms with Crippen molar-refractivity contribution in [3.63, 3.8) is 0 Å². The molecule has 4 N–H and O–H groups in total. The van der Waals surface area contributed by atoms with Crippen LogP contribution in [0.5, 0.6) is 0 Å². The molecule has 0 bridgehead atoms. The van der Waals surface area contributed by atoms with Crippen molar-refractivity contribution in [2.75, 3.05) is 6.54 Å². The topological polar surface area (TPSA) is 82.3 Å².